The molecule has 0 aromatic carbocycles. The van der Waals surface area contributed by atoms with E-state index < -0.39 is 0 Å². The minimum atomic E-state index is 0.154. The number of piperidine rings is 1. The fourth-order valence-electron chi connectivity index (χ4n) is 3.03. The van der Waals surface area contributed by atoms with Gasteiger partial charge in [0.25, 0.3) is 0 Å². The van der Waals surface area contributed by atoms with E-state index in [1.807, 2.05) is 30.2 Å². The van der Waals surface area contributed by atoms with E-state index in [2.05, 4.69) is 21.8 Å². The van der Waals surface area contributed by atoms with Crippen molar-refractivity contribution in [3.63, 3.8) is 0 Å². The first kappa shape index (κ1) is 12.4. The van der Waals surface area contributed by atoms with Gasteiger partial charge in [-0.25, -0.2) is 9.97 Å². The fourth-order valence-corrected chi connectivity index (χ4v) is 3.03. The van der Waals surface area contributed by atoms with E-state index >= 15 is 0 Å². The lowest BCUT2D eigenvalue weighted by molar-refractivity contribution is 0.411. The molecule has 0 amide bonds. The third kappa shape index (κ3) is 2.08. The summed E-state index contributed by atoms with van der Waals surface area (Å²) in [6, 6.07) is 2.53. The van der Waals surface area contributed by atoms with Crippen molar-refractivity contribution in [1.29, 1.82) is 0 Å². The minimum absolute atomic E-state index is 0.154. The third-order valence-electron chi connectivity index (χ3n) is 4.05. The van der Waals surface area contributed by atoms with Crippen LogP contribution in [0.4, 0.5) is 5.82 Å². The van der Waals surface area contributed by atoms with Gasteiger partial charge in [0.15, 0.2) is 5.82 Å². The van der Waals surface area contributed by atoms with Gasteiger partial charge in [0.1, 0.15) is 5.52 Å². The molecule has 2 unspecified atom stereocenters. The summed E-state index contributed by atoms with van der Waals surface area (Å²) in [5.41, 5.74) is 8.26. The molecule has 0 spiro atoms. The molecule has 0 bridgehead atoms. The highest BCUT2D eigenvalue weighted by molar-refractivity contribution is 5.86. The maximum absolute atomic E-state index is 6.15. The van der Waals surface area contributed by atoms with Gasteiger partial charge in [-0.1, -0.05) is 0 Å². The van der Waals surface area contributed by atoms with Crippen LogP contribution >= 0.6 is 0 Å². The average molecular weight is 259 g/mol. The molecule has 3 rings (SSSR count). The Morgan fingerprint density at radius 2 is 2.21 bits per heavy atom. The smallest absolute Gasteiger partial charge is 0.157 e. The molecule has 1 aliphatic rings. The predicted molar refractivity (Wildman–Crippen MR) is 77.1 cm³/mol. The Hall–Kier alpha value is -1.62. The largest absolute Gasteiger partial charge is 0.350 e. The standard InChI is InChI=1S/C14H21N5/c1-10(15)11-5-3-4-8-19(11)14-13-12(6-7-16-14)18(2)9-17-13/h6-7,9-11H,3-5,8,15H2,1-2H3. The molecule has 5 nitrogen and oxygen atoms in total. The van der Waals surface area contributed by atoms with Gasteiger partial charge in [0, 0.05) is 31.9 Å². The normalized spacial score (nSPS) is 21.8. The number of rotatable bonds is 2. The number of fused-ring (bicyclic) bond motifs is 1. The van der Waals surface area contributed by atoms with Gasteiger partial charge in [-0.05, 0) is 32.3 Å². The molecule has 1 fully saturated rings. The Labute approximate surface area is 113 Å². The van der Waals surface area contributed by atoms with Crippen LogP contribution in [0.3, 0.4) is 0 Å². The molecule has 5 heteroatoms. The Morgan fingerprint density at radius 3 is 3.00 bits per heavy atom. The second-order valence-corrected chi connectivity index (χ2v) is 5.47. The lowest BCUT2D eigenvalue weighted by Crippen LogP contribution is -2.49. The first-order valence-electron chi connectivity index (χ1n) is 6.96. The van der Waals surface area contributed by atoms with Crippen molar-refractivity contribution in [2.24, 2.45) is 12.8 Å². The lowest BCUT2D eigenvalue weighted by atomic mass is 9.97. The Morgan fingerprint density at radius 1 is 1.37 bits per heavy atom. The van der Waals surface area contributed by atoms with Crippen molar-refractivity contribution < 1.29 is 0 Å². The molecular formula is C14H21N5. The minimum Gasteiger partial charge on any atom is -0.350 e. The second-order valence-electron chi connectivity index (χ2n) is 5.47. The zero-order valence-corrected chi connectivity index (χ0v) is 11.6. The molecule has 1 saturated heterocycles. The van der Waals surface area contributed by atoms with E-state index in [-0.39, 0.29) is 6.04 Å². The first-order chi connectivity index (χ1) is 9.18. The SMILES string of the molecule is CC(N)C1CCCCN1c1nccc2c1ncn2C. The van der Waals surface area contributed by atoms with E-state index in [1.165, 1.54) is 12.8 Å². The van der Waals surface area contributed by atoms with Crippen LogP contribution in [-0.4, -0.2) is 33.2 Å². The number of hydrogen-bond donors (Lipinski definition) is 1. The van der Waals surface area contributed by atoms with Crippen LogP contribution in [0.1, 0.15) is 26.2 Å². The number of nitrogens with two attached hydrogens (primary N) is 1. The zero-order valence-electron chi connectivity index (χ0n) is 11.6. The van der Waals surface area contributed by atoms with Gasteiger partial charge in [0.2, 0.25) is 0 Å². The van der Waals surface area contributed by atoms with Crippen molar-refractivity contribution in [3.8, 4) is 0 Å². The third-order valence-corrected chi connectivity index (χ3v) is 4.05. The molecule has 2 aromatic rings. The van der Waals surface area contributed by atoms with Crippen LogP contribution in [0.25, 0.3) is 11.0 Å². The predicted octanol–water partition coefficient (Wildman–Crippen LogP) is 1.67. The number of pyridine rings is 1. The first-order valence-corrected chi connectivity index (χ1v) is 6.96. The summed E-state index contributed by atoms with van der Waals surface area (Å²) in [5, 5.41) is 0. The topological polar surface area (TPSA) is 60.0 Å². The van der Waals surface area contributed by atoms with Crippen molar-refractivity contribution in [2.45, 2.75) is 38.3 Å². The van der Waals surface area contributed by atoms with Crippen LogP contribution < -0.4 is 10.6 Å². The summed E-state index contributed by atoms with van der Waals surface area (Å²) in [7, 11) is 2.01. The van der Waals surface area contributed by atoms with Gasteiger partial charge in [-0.2, -0.15) is 0 Å². The van der Waals surface area contributed by atoms with Crippen LogP contribution in [-0.2, 0) is 7.05 Å². The maximum atomic E-state index is 6.15. The van der Waals surface area contributed by atoms with Gasteiger partial charge >= 0.3 is 0 Å². The molecule has 19 heavy (non-hydrogen) atoms. The van der Waals surface area contributed by atoms with E-state index in [9.17, 15) is 0 Å². The van der Waals surface area contributed by atoms with Crippen LogP contribution in [0.2, 0.25) is 0 Å². The molecule has 102 valence electrons. The Kier molecular flexibility index (Phi) is 3.14. The summed E-state index contributed by atoms with van der Waals surface area (Å²) in [4.78, 5) is 11.4. The molecule has 0 saturated carbocycles. The highest BCUT2D eigenvalue weighted by atomic mass is 15.2. The lowest BCUT2D eigenvalue weighted by Gasteiger charge is -2.38. The van der Waals surface area contributed by atoms with Crippen LogP contribution in [0.15, 0.2) is 18.6 Å². The molecule has 2 atom stereocenters. The van der Waals surface area contributed by atoms with E-state index in [0.29, 0.717) is 6.04 Å². The van der Waals surface area contributed by atoms with Crippen LogP contribution in [0, 0.1) is 0 Å². The van der Waals surface area contributed by atoms with Crippen molar-refractivity contribution in [3.05, 3.63) is 18.6 Å². The summed E-state index contributed by atoms with van der Waals surface area (Å²) in [6.45, 7) is 3.11. The summed E-state index contributed by atoms with van der Waals surface area (Å²) in [6.07, 6.45) is 7.31. The number of nitrogens with zero attached hydrogens (tertiary/aromatic N) is 4. The van der Waals surface area contributed by atoms with E-state index in [0.717, 1.165) is 29.8 Å². The van der Waals surface area contributed by atoms with Gasteiger partial charge in [-0.3, -0.25) is 0 Å². The molecule has 2 aromatic heterocycles. The summed E-state index contributed by atoms with van der Waals surface area (Å²) in [5.74, 6) is 0.986. The van der Waals surface area contributed by atoms with E-state index in [1.54, 1.807) is 0 Å². The van der Waals surface area contributed by atoms with Crippen molar-refractivity contribution >= 4 is 16.9 Å². The molecular weight excluding hydrogens is 238 g/mol. The van der Waals surface area contributed by atoms with E-state index in [4.69, 9.17) is 5.73 Å². The summed E-state index contributed by atoms with van der Waals surface area (Å²) < 4.78 is 2.03. The Balaban J connectivity index is 2.07. The van der Waals surface area contributed by atoms with Gasteiger partial charge < -0.3 is 15.2 Å². The highest BCUT2D eigenvalue weighted by Gasteiger charge is 2.28. The number of imidazole rings is 1. The fraction of sp³-hybridized carbons (Fsp3) is 0.571. The van der Waals surface area contributed by atoms with Crippen molar-refractivity contribution in [2.75, 3.05) is 11.4 Å². The summed E-state index contributed by atoms with van der Waals surface area (Å²) >= 11 is 0. The number of aromatic nitrogens is 3. The number of aryl methyl sites for hydroxylation is 1. The highest BCUT2D eigenvalue weighted by Crippen LogP contribution is 2.29. The Bertz CT molecular complexity index is 574. The zero-order chi connectivity index (χ0) is 13.4. The van der Waals surface area contributed by atoms with Gasteiger partial charge in [-0.15, -0.1) is 0 Å². The molecule has 0 radical (unpaired) electrons. The van der Waals surface area contributed by atoms with Gasteiger partial charge in [0.05, 0.1) is 11.8 Å². The van der Waals surface area contributed by atoms with Crippen molar-refractivity contribution in [1.82, 2.24) is 14.5 Å². The maximum Gasteiger partial charge on any atom is 0.157 e. The molecule has 1 aliphatic heterocycles. The quantitative estimate of drug-likeness (QED) is 0.891. The second kappa shape index (κ2) is 4.81. The number of hydrogen-bond acceptors (Lipinski definition) is 4. The van der Waals surface area contributed by atoms with Crippen LogP contribution in [0.5, 0.6) is 0 Å². The molecule has 2 N–H and O–H groups in total. The average Bonchev–Trinajstić information content (AvgIpc) is 2.81. The monoisotopic (exact) mass is 259 g/mol. The number of anilines is 1. The molecule has 0 aliphatic carbocycles. The molecule has 3 heterocycles.